The Morgan fingerprint density at radius 2 is 1.88 bits per heavy atom. The highest BCUT2D eigenvalue weighted by Gasteiger charge is 2.41. The van der Waals surface area contributed by atoms with Crippen LogP contribution in [0.15, 0.2) is 76.8 Å². The minimum absolute atomic E-state index is 0.0172. The quantitative estimate of drug-likeness (QED) is 0.248. The molecule has 3 aromatic carbocycles. The molecule has 214 valence electrons. The van der Waals surface area contributed by atoms with Crippen LogP contribution in [-0.4, -0.2) is 48.6 Å². The third-order valence-corrected chi connectivity index (χ3v) is 9.16. The van der Waals surface area contributed by atoms with Crippen molar-refractivity contribution in [3.8, 4) is 5.75 Å². The SMILES string of the molecule is O=C(C1=C(c2ccc(CCCOc3cc(F)ccc3Br)cc2)CC2CNCC1N2)N(Cc1ccccc1Cl)C1CC1. The topological polar surface area (TPSA) is 53.6 Å². The van der Waals surface area contributed by atoms with Gasteiger partial charge in [-0.3, -0.25) is 4.79 Å². The van der Waals surface area contributed by atoms with E-state index in [-0.39, 0.29) is 23.8 Å². The Bertz CT molecular complexity index is 1440. The lowest BCUT2D eigenvalue weighted by Gasteiger charge is -2.41. The van der Waals surface area contributed by atoms with Crippen LogP contribution in [0.3, 0.4) is 0 Å². The van der Waals surface area contributed by atoms with Crippen LogP contribution < -0.4 is 15.4 Å². The molecular formula is C33H34BrClFN3O2. The summed E-state index contributed by atoms with van der Waals surface area (Å²) in [4.78, 5) is 16.3. The van der Waals surface area contributed by atoms with Crippen LogP contribution in [0.2, 0.25) is 5.02 Å². The van der Waals surface area contributed by atoms with Crippen LogP contribution in [0.25, 0.3) is 5.57 Å². The third-order valence-electron chi connectivity index (χ3n) is 8.14. The van der Waals surface area contributed by atoms with E-state index < -0.39 is 0 Å². The van der Waals surface area contributed by atoms with Gasteiger partial charge in [-0.15, -0.1) is 0 Å². The van der Waals surface area contributed by atoms with Gasteiger partial charge in [0.1, 0.15) is 11.6 Å². The lowest BCUT2D eigenvalue weighted by atomic mass is 9.83. The molecule has 2 fully saturated rings. The molecule has 3 aliphatic rings. The number of hydrogen-bond donors (Lipinski definition) is 2. The smallest absolute Gasteiger partial charge is 0.252 e. The Kier molecular flexibility index (Phi) is 8.77. The average Bonchev–Trinajstić information content (AvgIpc) is 3.82. The number of piperazine rings is 1. The van der Waals surface area contributed by atoms with Crippen molar-refractivity contribution in [2.24, 2.45) is 0 Å². The predicted octanol–water partition coefficient (Wildman–Crippen LogP) is 6.53. The molecule has 0 radical (unpaired) electrons. The summed E-state index contributed by atoms with van der Waals surface area (Å²) in [6.07, 6.45) is 4.54. The van der Waals surface area contributed by atoms with Gasteiger partial charge in [-0.05, 0) is 88.5 Å². The van der Waals surface area contributed by atoms with Gasteiger partial charge in [0.05, 0.1) is 17.1 Å². The summed E-state index contributed by atoms with van der Waals surface area (Å²) in [5.41, 5.74) is 5.34. The van der Waals surface area contributed by atoms with Crippen LogP contribution in [0, 0.1) is 5.82 Å². The van der Waals surface area contributed by atoms with E-state index in [2.05, 4.69) is 50.8 Å². The number of nitrogens with one attached hydrogen (secondary N) is 2. The Morgan fingerprint density at radius 3 is 2.66 bits per heavy atom. The first-order valence-electron chi connectivity index (χ1n) is 14.4. The number of carbonyl (C=O) groups excluding carboxylic acids is 1. The zero-order valence-corrected chi connectivity index (χ0v) is 25.2. The van der Waals surface area contributed by atoms with Gasteiger partial charge in [-0.1, -0.05) is 54.1 Å². The Morgan fingerprint density at radius 1 is 1.07 bits per heavy atom. The van der Waals surface area contributed by atoms with Crippen molar-refractivity contribution < 1.29 is 13.9 Å². The zero-order chi connectivity index (χ0) is 28.3. The van der Waals surface area contributed by atoms with Gasteiger partial charge in [0.15, 0.2) is 0 Å². The molecule has 2 heterocycles. The summed E-state index contributed by atoms with van der Waals surface area (Å²) in [6.45, 7) is 2.66. The van der Waals surface area contributed by atoms with E-state index in [9.17, 15) is 9.18 Å². The fourth-order valence-electron chi connectivity index (χ4n) is 5.88. The van der Waals surface area contributed by atoms with Gasteiger partial charge in [-0.25, -0.2) is 4.39 Å². The summed E-state index contributed by atoms with van der Waals surface area (Å²) in [5.74, 6) is 0.324. The normalized spacial score (nSPS) is 20.2. The Labute approximate surface area is 254 Å². The first-order valence-corrected chi connectivity index (χ1v) is 15.5. The second-order valence-electron chi connectivity index (χ2n) is 11.2. The van der Waals surface area contributed by atoms with E-state index in [0.29, 0.717) is 30.0 Å². The van der Waals surface area contributed by atoms with Crippen LogP contribution in [0.5, 0.6) is 5.75 Å². The Balaban J connectivity index is 1.19. The summed E-state index contributed by atoms with van der Waals surface area (Å²) in [7, 11) is 0. The maximum Gasteiger partial charge on any atom is 0.252 e. The molecule has 2 unspecified atom stereocenters. The van der Waals surface area contributed by atoms with Gasteiger partial charge in [-0.2, -0.15) is 0 Å². The van der Waals surface area contributed by atoms with Crippen molar-refractivity contribution in [2.75, 3.05) is 19.7 Å². The van der Waals surface area contributed by atoms with E-state index in [0.717, 1.165) is 71.9 Å². The van der Waals surface area contributed by atoms with E-state index in [1.807, 2.05) is 29.2 Å². The van der Waals surface area contributed by atoms with E-state index >= 15 is 0 Å². The highest BCUT2D eigenvalue weighted by molar-refractivity contribution is 9.10. The molecule has 0 aromatic heterocycles. The van der Waals surface area contributed by atoms with Crippen LogP contribution in [0.4, 0.5) is 4.39 Å². The highest BCUT2D eigenvalue weighted by Crippen LogP contribution is 2.37. The van der Waals surface area contributed by atoms with Crippen LogP contribution in [0.1, 0.15) is 42.4 Å². The standard InChI is InChI=1S/C33H34BrClFN3O2/c34-28-14-11-24(36)16-31(28)41-15-3-4-21-7-9-22(10-8-21)27-17-25-18-37-19-30(38-25)32(27)33(40)39(26-12-13-26)20-23-5-1-2-6-29(23)35/h1-2,5-11,14,16,25-26,30,37-38H,3-4,12-13,15,17-20H2. The van der Waals surface area contributed by atoms with Crippen molar-refractivity contribution in [1.29, 1.82) is 0 Å². The lowest BCUT2D eigenvalue weighted by molar-refractivity contribution is -0.128. The first-order chi connectivity index (χ1) is 20.0. The minimum Gasteiger partial charge on any atom is -0.492 e. The van der Waals surface area contributed by atoms with Gasteiger partial charge in [0, 0.05) is 48.4 Å². The Hall–Kier alpha value is -2.71. The fourth-order valence-corrected chi connectivity index (χ4v) is 6.43. The number of nitrogens with zero attached hydrogens (tertiary/aromatic N) is 1. The largest absolute Gasteiger partial charge is 0.492 e. The molecule has 5 nitrogen and oxygen atoms in total. The lowest BCUT2D eigenvalue weighted by Crippen LogP contribution is -2.60. The first kappa shape index (κ1) is 28.4. The number of amides is 1. The summed E-state index contributed by atoms with van der Waals surface area (Å²) in [6, 6.07) is 21.4. The molecule has 3 aromatic rings. The zero-order valence-electron chi connectivity index (χ0n) is 22.8. The molecule has 2 bridgehead atoms. The third kappa shape index (κ3) is 6.69. The molecule has 0 spiro atoms. The molecule has 1 aliphatic carbocycles. The van der Waals surface area contributed by atoms with Gasteiger partial charge in [0.25, 0.3) is 5.91 Å². The number of aryl methyl sites for hydroxylation is 1. The van der Waals surface area contributed by atoms with Gasteiger partial charge in [0.2, 0.25) is 0 Å². The van der Waals surface area contributed by atoms with Crippen molar-refractivity contribution >= 4 is 39.0 Å². The van der Waals surface area contributed by atoms with E-state index in [1.165, 1.54) is 17.7 Å². The van der Waals surface area contributed by atoms with Crippen molar-refractivity contribution in [3.05, 3.63) is 104 Å². The van der Waals surface area contributed by atoms with Crippen LogP contribution in [-0.2, 0) is 17.8 Å². The number of carbonyl (C=O) groups is 1. The summed E-state index contributed by atoms with van der Waals surface area (Å²) >= 11 is 9.91. The molecule has 2 atom stereocenters. The van der Waals surface area contributed by atoms with Crippen LogP contribution >= 0.6 is 27.5 Å². The van der Waals surface area contributed by atoms with E-state index in [1.54, 1.807) is 6.07 Å². The molecule has 2 N–H and O–H groups in total. The van der Waals surface area contributed by atoms with Crippen molar-refractivity contribution in [1.82, 2.24) is 15.5 Å². The molecular weight excluding hydrogens is 605 g/mol. The molecule has 1 amide bonds. The molecule has 1 saturated heterocycles. The number of ether oxygens (including phenoxy) is 1. The molecule has 6 rings (SSSR count). The maximum atomic E-state index is 14.3. The second kappa shape index (κ2) is 12.7. The summed E-state index contributed by atoms with van der Waals surface area (Å²) < 4.78 is 20.1. The fraction of sp³-hybridized carbons (Fsp3) is 0.364. The molecule has 8 heteroatoms. The monoisotopic (exact) mass is 637 g/mol. The maximum absolute atomic E-state index is 14.3. The van der Waals surface area contributed by atoms with Crippen molar-refractivity contribution in [3.63, 3.8) is 0 Å². The highest BCUT2D eigenvalue weighted by atomic mass is 79.9. The number of rotatable bonds is 10. The van der Waals surface area contributed by atoms with Gasteiger partial charge >= 0.3 is 0 Å². The molecule has 1 saturated carbocycles. The second-order valence-corrected chi connectivity index (χ2v) is 12.4. The minimum atomic E-state index is -0.312. The number of hydrogen-bond acceptors (Lipinski definition) is 4. The summed E-state index contributed by atoms with van der Waals surface area (Å²) in [5, 5.41) is 7.92. The predicted molar refractivity (Wildman–Crippen MR) is 165 cm³/mol. The molecule has 41 heavy (non-hydrogen) atoms. The van der Waals surface area contributed by atoms with Gasteiger partial charge < -0.3 is 20.3 Å². The number of benzene rings is 3. The van der Waals surface area contributed by atoms with E-state index in [4.69, 9.17) is 16.3 Å². The van der Waals surface area contributed by atoms with Crippen molar-refractivity contribution in [2.45, 2.75) is 56.8 Å². The average molecular weight is 639 g/mol. The number of halogens is 3. The molecule has 2 aliphatic heterocycles. The number of fused-ring (bicyclic) bond motifs is 2.